The van der Waals surface area contributed by atoms with Gasteiger partial charge in [-0.2, -0.15) is 0 Å². The van der Waals surface area contributed by atoms with E-state index < -0.39 is 11.9 Å². The number of unbranched alkanes of at least 4 members (excludes halogenated alkanes) is 1. The maximum Gasteiger partial charge on any atom is 0.336 e. The van der Waals surface area contributed by atoms with Gasteiger partial charge in [0.1, 0.15) is 0 Å². The summed E-state index contributed by atoms with van der Waals surface area (Å²) in [4.78, 5) is 26.0. The van der Waals surface area contributed by atoms with E-state index in [9.17, 15) is 9.59 Å². The Morgan fingerprint density at radius 1 is 1.21 bits per heavy atom. The summed E-state index contributed by atoms with van der Waals surface area (Å²) in [6.45, 7) is 4.26. The Morgan fingerprint density at radius 2 is 2.00 bits per heavy atom. The minimum Gasteiger partial charge on any atom is -0.493 e. The molecule has 0 fully saturated rings. The number of allylic oxidation sites excluding steroid dienone is 3. The van der Waals surface area contributed by atoms with Crippen molar-refractivity contribution in [3.05, 3.63) is 46.3 Å². The van der Waals surface area contributed by atoms with E-state index >= 15 is 0 Å². The number of benzene rings is 1. The van der Waals surface area contributed by atoms with E-state index in [0.29, 0.717) is 35.7 Å². The average molecular weight is 399 g/mol. The quantitative estimate of drug-likeness (QED) is 0.552. The molecule has 1 N–H and O–H groups in total. The van der Waals surface area contributed by atoms with Crippen LogP contribution in [0, 0.1) is 0 Å². The minimum atomic E-state index is -0.543. The number of hydrogen-bond acceptors (Lipinski definition) is 6. The van der Waals surface area contributed by atoms with Crippen LogP contribution in [-0.2, 0) is 14.3 Å². The molecule has 0 unspecified atom stereocenters. The molecule has 1 aromatic carbocycles. The summed E-state index contributed by atoms with van der Waals surface area (Å²) in [6.07, 6.45) is 3.78. The highest BCUT2D eigenvalue weighted by molar-refractivity contribution is 6.04. The fraction of sp³-hybridized carbons (Fsp3) is 0.478. The fourth-order valence-corrected chi connectivity index (χ4v) is 4.09. The Morgan fingerprint density at radius 3 is 2.69 bits per heavy atom. The van der Waals surface area contributed by atoms with Gasteiger partial charge < -0.3 is 19.5 Å². The predicted molar refractivity (Wildman–Crippen MR) is 110 cm³/mol. The van der Waals surface area contributed by atoms with Crippen molar-refractivity contribution >= 4 is 11.8 Å². The summed E-state index contributed by atoms with van der Waals surface area (Å²) < 4.78 is 16.6. The lowest BCUT2D eigenvalue weighted by atomic mass is 9.75. The van der Waals surface area contributed by atoms with Crippen LogP contribution >= 0.6 is 0 Å². The molecular weight excluding hydrogens is 370 g/mol. The third kappa shape index (κ3) is 4.02. The van der Waals surface area contributed by atoms with Crippen molar-refractivity contribution in [3.63, 3.8) is 0 Å². The summed E-state index contributed by atoms with van der Waals surface area (Å²) in [5.74, 6) is 0.200. The zero-order valence-electron chi connectivity index (χ0n) is 17.6. The molecule has 1 aliphatic heterocycles. The van der Waals surface area contributed by atoms with Gasteiger partial charge in [-0.05, 0) is 32.3 Å². The predicted octanol–water partition coefficient (Wildman–Crippen LogP) is 4.02. The first kappa shape index (κ1) is 21.0. The van der Waals surface area contributed by atoms with Crippen molar-refractivity contribution < 1.29 is 23.8 Å². The summed E-state index contributed by atoms with van der Waals surface area (Å²) in [7, 11) is 3.14. The Bertz CT molecular complexity index is 868. The standard InChI is InChI=1S/C23H29NO5/c1-5-6-13-29-23(26)19-14(2)24-16-10-8-11-17(25)21(16)20(19)15-9-7-12-18(27-3)22(15)28-4/h7,9,12,20,24H,5-6,8,10-11,13H2,1-4H3/t20-/m1/s1. The summed E-state index contributed by atoms with van der Waals surface area (Å²) in [5, 5.41) is 3.30. The van der Waals surface area contributed by atoms with E-state index in [1.165, 1.54) is 0 Å². The molecular formula is C23H29NO5. The van der Waals surface area contributed by atoms with Gasteiger partial charge >= 0.3 is 5.97 Å². The molecule has 1 aromatic rings. The first-order chi connectivity index (χ1) is 14.0. The SMILES string of the molecule is CCCCOC(=O)C1=C(C)NC2=C(C(=O)CCC2)[C@@H]1c1cccc(OC)c1OC. The van der Waals surface area contributed by atoms with Gasteiger partial charge in [-0.1, -0.05) is 25.5 Å². The average Bonchev–Trinajstić information content (AvgIpc) is 2.72. The Labute approximate surface area is 171 Å². The van der Waals surface area contributed by atoms with Crippen LogP contribution in [0.3, 0.4) is 0 Å². The number of ketones is 1. The highest BCUT2D eigenvalue weighted by Crippen LogP contribution is 2.47. The van der Waals surface area contributed by atoms with Crippen LogP contribution in [0.25, 0.3) is 0 Å². The molecule has 6 nitrogen and oxygen atoms in total. The number of carbonyl (C=O) groups is 2. The van der Waals surface area contributed by atoms with Gasteiger partial charge in [-0.15, -0.1) is 0 Å². The largest absolute Gasteiger partial charge is 0.493 e. The second kappa shape index (κ2) is 9.16. The third-order valence-corrected chi connectivity index (χ3v) is 5.47. The van der Waals surface area contributed by atoms with Crippen LogP contribution in [0.5, 0.6) is 11.5 Å². The molecule has 0 bridgehead atoms. The number of Topliss-reactive ketones (excluding diaryl/α,β-unsaturated/α-hetero) is 1. The normalized spacial score (nSPS) is 18.9. The Kier molecular flexibility index (Phi) is 6.62. The second-order valence-corrected chi connectivity index (χ2v) is 7.34. The van der Waals surface area contributed by atoms with Crippen LogP contribution in [0.1, 0.15) is 57.4 Å². The summed E-state index contributed by atoms with van der Waals surface area (Å²) in [6, 6.07) is 5.54. The van der Waals surface area contributed by atoms with E-state index in [2.05, 4.69) is 5.32 Å². The summed E-state index contributed by atoms with van der Waals surface area (Å²) in [5.41, 5.74) is 3.43. The number of esters is 1. The second-order valence-electron chi connectivity index (χ2n) is 7.34. The van der Waals surface area contributed by atoms with Crippen molar-refractivity contribution in [2.24, 2.45) is 0 Å². The molecule has 3 rings (SSSR count). The van der Waals surface area contributed by atoms with Crippen LogP contribution in [-0.4, -0.2) is 32.6 Å². The number of hydrogen-bond donors (Lipinski definition) is 1. The lowest BCUT2D eigenvalue weighted by Gasteiger charge is -2.34. The molecule has 0 spiro atoms. The number of rotatable bonds is 7. The van der Waals surface area contributed by atoms with Crippen molar-refractivity contribution in [1.29, 1.82) is 0 Å². The van der Waals surface area contributed by atoms with Crippen molar-refractivity contribution in [2.45, 2.75) is 51.9 Å². The molecule has 1 aliphatic carbocycles. The molecule has 1 atom stereocenters. The number of methoxy groups -OCH3 is 2. The van der Waals surface area contributed by atoms with Crippen LogP contribution in [0.15, 0.2) is 40.7 Å². The van der Waals surface area contributed by atoms with Crippen molar-refractivity contribution in [2.75, 3.05) is 20.8 Å². The highest BCUT2D eigenvalue weighted by atomic mass is 16.5. The molecule has 1 heterocycles. The van der Waals surface area contributed by atoms with Gasteiger partial charge in [-0.25, -0.2) is 4.79 Å². The maximum absolute atomic E-state index is 13.1. The third-order valence-electron chi connectivity index (χ3n) is 5.47. The topological polar surface area (TPSA) is 73.9 Å². The molecule has 2 aliphatic rings. The van der Waals surface area contributed by atoms with E-state index in [4.69, 9.17) is 14.2 Å². The van der Waals surface area contributed by atoms with Gasteiger partial charge in [-0.3, -0.25) is 4.79 Å². The number of para-hydroxylation sites is 1. The first-order valence-corrected chi connectivity index (χ1v) is 10.2. The fourth-order valence-electron chi connectivity index (χ4n) is 4.09. The van der Waals surface area contributed by atoms with Gasteiger partial charge in [0.2, 0.25) is 0 Å². The molecule has 0 radical (unpaired) electrons. The maximum atomic E-state index is 13.1. The number of dihydropyridines is 1. The van der Waals surface area contributed by atoms with E-state index in [1.54, 1.807) is 20.3 Å². The number of nitrogens with one attached hydrogen (secondary N) is 1. The van der Waals surface area contributed by atoms with E-state index in [1.807, 2.05) is 26.0 Å². The molecule has 0 saturated heterocycles. The van der Waals surface area contributed by atoms with Gasteiger partial charge in [0.25, 0.3) is 0 Å². The van der Waals surface area contributed by atoms with Crippen LogP contribution in [0.2, 0.25) is 0 Å². The van der Waals surface area contributed by atoms with E-state index in [0.717, 1.165) is 42.6 Å². The lowest BCUT2D eigenvalue weighted by molar-refractivity contribution is -0.139. The van der Waals surface area contributed by atoms with Gasteiger partial charge in [0, 0.05) is 29.0 Å². The highest BCUT2D eigenvalue weighted by Gasteiger charge is 2.40. The molecule has 0 saturated carbocycles. The number of ether oxygens (including phenoxy) is 3. The minimum absolute atomic E-state index is 0.0555. The lowest BCUT2D eigenvalue weighted by Crippen LogP contribution is -2.34. The monoisotopic (exact) mass is 399 g/mol. The Balaban J connectivity index is 2.15. The van der Waals surface area contributed by atoms with Gasteiger partial charge in [0.15, 0.2) is 17.3 Å². The van der Waals surface area contributed by atoms with Gasteiger partial charge in [0.05, 0.1) is 32.3 Å². The van der Waals surface area contributed by atoms with E-state index in [-0.39, 0.29) is 5.78 Å². The molecule has 6 heteroatoms. The molecule has 0 aromatic heterocycles. The Hall–Kier alpha value is -2.76. The molecule has 29 heavy (non-hydrogen) atoms. The van der Waals surface area contributed by atoms with Crippen LogP contribution in [0.4, 0.5) is 0 Å². The number of carbonyl (C=O) groups excluding carboxylic acids is 2. The van der Waals surface area contributed by atoms with Crippen LogP contribution < -0.4 is 14.8 Å². The smallest absolute Gasteiger partial charge is 0.336 e. The van der Waals surface area contributed by atoms with Crippen molar-refractivity contribution in [1.82, 2.24) is 5.32 Å². The first-order valence-electron chi connectivity index (χ1n) is 10.2. The zero-order chi connectivity index (χ0) is 21.0. The van der Waals surface area contributed by atoms with Crippen molar-refractivity contribution in [3.8, 4) is 11.5 Å². The zero-order valence-corrected chi connectivity index (χ0v) is 17.6. The molecule has 156 valence electrons. The summed E-state index contributed by atoms with van der Waals surface area (Å²) >= 11 is 0. The molecule has 0 amide bonds.